The van der Waals surface area contributed by atoms with Crippen molar-refractivity contribution in [3.05, 3.63) is 90.0 Å². The Morgan fingerprint density at radius 3 is 1.54 bits per heavy atom. The van der Waals surface area contributed by atoms with Crippen LogP contribution in [0.5, 0.6) is 5.75 Å². The summed E-state index contributed by atoms with van der Waals surface area (Å²) in [6.45, 7) is 0. The predicted octanol–water partition coefficient (Wildman–Crippen LogP) is 6.20. The fourth-order valence-corrected chi connectivity index (χ4v) is 3.06. The van der Waals surface area contributed by atoms with Crippen molar-refractivity contribution in [2.75, 3.05) is 17.8 Å². The summed E-state index contributed by atoms with van der Waals surface area (Å²) >= 11 is 6.27. The van der Waals surface area contributed by atoms with E-state index in [0.29, 0.717) is 16.2 Å². The van der Waals surface area contributed by atoms with E-state index in [9.17, 15) is 9.59 Å². The Hall–Kier alpha value is -2.24. The number of hydrogen-bond donors (Lipinski definition) is 0. The third-order valence-corrected chi connectivity index (χ3v) is 4.99. The molecule has 0 bridgehead atoms. The van der Waals surface area contributed by atoms with Gasteiger partial charge in [0.2, 0.25) is 0 Å². The van der Waals surface area contributed by atoms with E-state index in [1.165, 1.54) is 5.56 Å². The molecule has 3 aromatic rings. The summed E-state index contributed by atoms with van der Waals surface area (Å²) in [4.78, 5) is 22.5. The number of rotatable bonds is 6. The van der Waals surface area contributed by atoms with Crippen LogP contribution in [0.3, 0.4) is 0 Å². The molecule has 0 fully saturated rings. The summed E-state index contributed by atoms with van der Waals surface area (Å²) in [7, 11) is 1.60. The third-order valence-electron chi connectivity index (χ3n) is 3.97. The highest BCUT2D eigenvalue weighted by Gasteiger charge is 2.04. The molecule has 144 valence electrons. The minimum atomic E-state index is 0.0812. The predicted molar refractivity (Wildman–Crippen MR) is 121 cm³/mol. The fraction of sp³-hybridized carbons (Fsp3) is 0.130. The van der Waals surface area contributed by atoms with Gasteiger partial charge in [0, 0.05) is 11.1 Å². The molecule has 5 heteroatoms. The van der Waals surface area contributed by atoms with Gasteiger partial charge in [0.1, 0.15) is 5.75 Å². The summed E-state index contributed by atoms with van der Waals surface area (Å²) in [6, 6.07) is 24.9. The summed E-state index contributed by atoms with van der Waals surface area (Å²) in [5.41, 5.74) is 3.75. The normalized spacial score (nSPS) is 9.82. The number of halogens is 2. The van der Waals surface area contributed by atoms with Crippen molar-refractivity contribution in [1.29, 1.82) is 0 Å². The maximum Gasteiger partial charge on any atom is 0.173 e. The van der Waals surface area contributed by atoms with Gasteiger partial charge in [-0.15, -0.1) is 0 Å². The van der Waals surface area contributed by atoms with Gasteiger partial charge < -0.3 is 4.74 Å². The number of ether oxygens (including phenoxy) is 1. The van der Waals surface area contributed by atoms with Crippen molar-refractivity contribution < 1.29 is 14.3 Å². The van der Waals surface area contributed by atoms with Crippen LogP contribution >= 0.6 is 31.9 Å². The first kappa shape index (κ1) is 22.1. The Balaban J connectivity index is 0.000000209. The second-order valence-corrected chi connectivity index (χ2v) is 6.91. The van der Waals surface area contributed by atoms with Crippen LogP contribution in [-0.4, -0.2) is 29.3 Å². The maximum absolute atomic E-state index is 11.4. The van der Waals surface area contributed by atoms with Gasteiger partial charge in [-0.3, -0.25) is 9.59 Å². The van der Waals surface area contributed by atoms with Crippen LogP contribution in [0.2, 0.25) is 0 Å². The molecule has 0 amide bonds. The quantitative estimate of drug-likeness (QED) is 0.297. The van der Waals surface area contributed by atoms with Crippen molar-refractivity contribution >= 4 is 43.4 Å². The first-order valence-corrected chi connectivity index (χ1v) is 10.8. The minimum Gasteiger partial charge on any atom is -0.497 e. The molecule has 3 nitrogen and oxygen atoms in total. The first-order valence-electron chi connectivity index (χ1n) is 8.57. The Morgan fingerprint density at radius 2 is 1.11 bits per heavy atom. The molecule has 0 saturated heterocycles. The van der Waals surface area contributed by atoms with Gasteiger partial charge in [-0.05, 0) is 35.4 Å². The smallest absolute Gasteiger partial charge is 0.173 e. The highest BCUT2D eigenvalue weighted by Crippen LogP contribution is 2.19. The van der Waals surface area contributed by atoms with Crippen LogP contribution in [0.4, 0.5) is 0 Å². The lowest BCUT2D eigenvalue weighted by Crippen LogP contribution is -1.98. The third kappa shape index (κ3) is 6.43. The molecule has 0 saturated carbocycles. The summed E-state index contributed by atoms with van der Waals surface area (Å²) in [6.07, 6.45) is 0. The van der Waals surface area contributed by atoms with Crippen LogP contribution in [0, 0.1) is 0 Å². The number of benzene rings is 3. The van der Waals surface area contributed by atoms with E-state index in [4.69, 9.17) is 4.74 Å². The van der Waals surface area contributed by atoms with Gasteiger partial charge in [0.05, 0.1) is 17.8 Å². The lowest BCUT2D eigenvalue weighted by atomic mass is 10.0. The van der Waals surface area contributed by atoms with E-state index in [2.05, 4.69) is 44.0 Å². The molecule has 3 rings (SSSR count). The Labute approximate surface area is 182 Å². The number of ketones is 2. The van der Waals surface area contributed by atoms with Crippen LogP contribution in [0.25, 0.3) is 11.1 Å². The maximum atomic E-state index is 11.4. The Morgan fingerprint density at radius 1 is 0.679 bits per heavy atom. The fourth-order valence-electron chi connectivity index (χ4n) is 2.41. The number of carbonyl (C=O) groups is 2. The molecular formula is C23H20Br2O3. The molecule has 0 heterocycles. The second-order valence-electron chi connectivity index (χ2n) is 5.79. The monoisotopic (exact) mass is 502 g/mol. The van der Waals surface area contributed by atoms with Crippen molar-refractivity contribution in [1.82, 2.24) is 0 Å². The molecule has 0 spiro atoms. The molecule has 3 aromatic carbocycles. The van der Waals surface area contributed by atoms with Crippen molar-refractivity contribution in [2.24, 2.45) is 0 Å². The molecule has 0 atom stereocenters. The van der Waals surface area contributed by atoms with Crippen molar-refractivity contribution in [3.8, 4) is 16.9 Å². The van der Waals surface area contributed by atoms with Crippen LogP contribution in [0.1, 0.15) is 20.7 Å². The first-order chi connectivity index (χ1) is 13.6. The van der Waals surface area contributed by atoms with E-state index in [1.807, 2.05) is 42.5 Å². The number of hydrogen-bond acceptors (Lipinski definition) is 3. The van der Waals surface area contributed by atoms with Gasteiger partial charge in [0.15, 0.2) is 11.6 Å². The zero-order valence-electron chi connectivity index (χ0n) is 15.4. The van der Waals surface area contributed by atoms with E-state index in [-0.39, 0.29) is 11.6 Å². The molecule has 0 aliphatic carbocycles. The highest BCUT2D eigenvalue weighted by molar-refractivity contribution is 9.09. The number of carbonyl (C=O) groups excluding carboxylic acids is 2. The number of alkyl halides is 2. The highest BCUT2D eigenvalue weighted by atomic mass is 79.9. The molecule has 0 aliphatic heterocycles. The van der Waals surface area contributed by atoms with Crippen molar-refractivity contribution in [2.45, 2.75) is 0 Å². The summed E-state index contributed by atoms with van der Waals surface area (Å²) in [5.74, 6) is 0.957. The summed E-state index contributed by atoms with van der Waals surface area (Å²) < 4.78 is 4.96. The lowest BCUT2D eigenvalue weighted by Gasteiger charge is -2.02. The SMILES string of the molecule is COc1ccc(C(=O)CBr)cc1.O=C(CBr)c1ccc(-c2ccccc2)cc1. The van der Waals surface area contributed by atoms with Gasteiger partial charge in [-0.2, -0.15) is 0 Å². The van der Waals surface area contributed by atoms with Crippen LogP contribution in [0.15, 0.2) is 78.9 Å². The van der Waals surface area contributed by atoms with E-state index in [1.54, 1.807) is 31.4 Å². The molecule has 28 heavy (non-hydrogen) atoms. The standard InChI is InChI=1S/C14H11BrO.C9H9BrO2/c15-10-14(16)13-8-6-12(7-9-13)11-4-2-1-3-5-11;1-12-8-4-2-7(3-5-8)9(11)6-10/h1-9H,10H2;2-5H,6H2,1H3. The number of Topliss-reactive ketones (excluding diaryl/α,β-unsaturated/α-hetero) is 2. The van der Waals surface area contributed by atoms with E-state index < -0.39 is 0 Å². The average Bonchev–Trinajstić information content (AvgIpc) is 2.79. The molecule has 0 N–H and O–H groups in total. The Kier molecular flexibility index (Phi) is 9.11. The number of methoxy groups -OCH3 is 1. The van der Waals surface area contributed by atoms with Gasteiger partial charge in [-0.25, -0.2) is 0 Å². The zero-order chi connectivity index (χ0) is 20.4. The molecule has 0 radical (unpaired) electrons. The van der Waals surface area contributed by atoms with Crippen LogP contribution < -0.4 is 4.74 Å². The van der Waals surface area contributed by atoms with Gasteiger partial charge in [-0.1, -0.05) is 86.5 Å². The van der Waals surface area contributed by atoms with Crippen molar-refractivity contribution in [3.63, 3.8) is 0 Å². The second kappa shape index (κ2) is 11.6. The lowest BCUT2D eigenvalue weighted by molar-refractivity contribution is 0.101. The average molecular weight is 504 g/mol. The zero-order valence-corrected chi connectivity index (χ0v) is 18.6. The van der Waals surface area contributed by atoms with Crippen LogP contribution in [-0.2, 0) is 0 Å². The molecule has 0 aliphatic rings. The van der Waals surface area contributed by atoms with Gasteiger partial charge in [0.25, 0.3) is 0 Å². The Bertz CT molecular complexity index is 889. The van der Waals surface area contributed by atoms with E-state index >= 15 is 0 Å². The molecular weight excluding hydrogens is 484 g/mol. The minimum absolute atomic E-state index is 0.0812. The molecule has 0 unspecified atom stereocenters. The summed E-state index contributed by atoms with van der Waals surface area (Å²) in [5, 5.41) is 0.733. The van der Waals surface area contributed by atoms with E-state index in [0.717, 1.165) is 16.9 Å². The molecule has 0 aromatic heterocycles. The largest absolute Gasteiger partial charge is 0.497 e. The van der Waals surface area contributed by atoms with Gasteiger partial charge >= 0.3 is 0 Å². The topological polar surface area (TPSA) is 43.4 Å².